The maximum absolute atomic E-state index is 12.6. The summed E-state index contributed by atoms with van der Waals surface area (Å²) in [4.78, 5) is 0. The molecule has 14 N–H and O–H groups in total. The molecule has 4 aliphatic rings. The molecule has 0 amide bonds. The summed E-state index contributed by atoms with van der Waals surface area (Å²) in [6.07, 6.45) is -17.3. The molecule has 0 aromatic heterocycles. The fourth-order valence-corrected chi connectivity index (χ4v) is 16.6. The highest BCUT2D eigenvalue weighted by atomic mass is 16.6. The number of aryl methyl sites for hydroxylation is 4. The van der Waals surface area contributed by atoms with Gasteiger partial charge >= 0.3 is 0 Å². The molecule has 2 fully saturated rings. The molecule has 654 valence electrons. The number of aliphatic hydroxyl groups excluding tert-OH is 12. The van der Waals surface area contributed by atoms with Gasteiger partial charge in [-0.25, -0.2) is 0 Å². The van der Waals surface area contributed by atoms with E-state index in [2.05, 4.69) is 0 Å². The standard InChI is InChI=1S/C92H106O30/c1-44-22-48(81(102)75(37-95)116-65-19-15-50(23-45(65)2)87-61-42-115-88(62(61)43-114-87)56-24-46(3)80(101)71(34-56)110-8)13-18-64(44)117-77(39-97)85(106)55-27-58-57-26-53(25-47(4)86(57)120-79(41-99)90(122-91(58)72(33-55)111-9)52-12-17-63(100)68(30-52)107-5)84(105)78(40-98)119-66-20-14-49(29-69(66)108-6)82(103)76(38-96)118-67-21-16-51(31-70(67)109-7)89-60(35-93)59-28-54(83(104)74(36-94)113-11)32-73(112-10)92(59)121-89/h12-34,60-62,74-79,81-85,87-90,93-106H,35-43H2,1-11H3. The van der Waals surface area contributed by atoms with Gasteiger partial charge in [0, 0.05) is 41.2 Å². The summed E-state index contributed by atoms with van der Waals surface area (Å²) in [5, 5.41) is 157. The van der Waals surface area contributed by atoms with Gasteiger partial charge in [0.2, 0.25) is 0 Å². The minimum atomic E-state index is -1.66. The Morgan fingerprint density at radius 1 is 0.328 bits per heavy atom. The first-order chi connectivity index (χ1) is 58.8. The number of aromatic hydroxyl groups is 2. The van der Waals surface area contributed by atoms with E-state index < -0.39 is 125 Å². The number of aliphatic hydroxyl groups is 12. The molecule has 9 aromatic carbocycles. The molecule has 0 bridgehead atoms. The Kier molecular flexibility index (Phi) is 28.4. The molecule has 18 unspecified atom stereocenters. The molecule has 0 radical (unpaired) electrons. The van der Waals surface area contributed by atoms with Crippen molar-refractivity contribution in [2.75, 3.05) is 109 Å². The highest BCUT2D eigenvalue weighted by Crippen LogP contribution is 2.56. The third kappa shape index (κ3) is 17.8. The number of hydrogen-bond acceptors (Lipinski definition) is 30. The monoisotopic (exact) mass is 1690 g/mol. The van der Waals surface area contributed by atoms with Crippen LogP contribution >= 0.6 is 0 Å². The van der Waals surface area contributed by atoms with Crippen LogP contribution in [0.1, 0.15) is 139 Å². The molecule has 0 spiro atoms. The first-order valence-corrected chi connectivity index (χ1v) is 39.9. The van der Waals surface area contributed by atoms with Gasteiger partial charge in [-0.3, -0.25) is 0 Å². The molecule has 18 atom stereocenters. The third-order valence-corrected chi connectivity index (χ3v) is 23.3. The molecule has 30 nitrogen and oxygen atoms in total. The fourth-order valence-electron chi connectivity index (χ4n) is 16.6. The highest BCUT2D eigenvalue weighted by Gasteiger charge is 2.49. The Balaban J connectivity index is 0.730. The second kappa shape index (κ2) is 38.8. The smallest absolute Gasteiger partial charge is 0.170 e. The number of fused-ring (bicyclic) bond motifs is 5. The van der Waals surface area contributed by atoms with Gasteiger partial charge in [-0.1, -0.05) is 30.3 Å². The number of phenolic OH excluding ortho intramolecular Hbond substituents is 2. The highest BCUT2D eigenvalue weighted by molar-refractivity contribution is 5.82. The van der Waals surface area contributed by atoms with Crippen LogP contribution in [0.15, 0.2) is 140 Å². The zero-order valence-corrected chi connectivity index (χ0v) is 69.3. The number of ether oxygens (including phenoxy) is 16. The normalized spacial score (nSPS) is 20.8. The van der Waals surface area contributed by atoms with Gasteiger partial charge in [0.05, 0.1) is 120 Å². The topological polar surface area (TPSA) is 431 Å². The van der Waals surface area contributed by atoms with Crippen LogP contribution in [0.25, 0.3) is 11.1 Å². The third-order valence-electron chi connectivity index (χ3n) is 23.3. The minimum Gasteiger partial charge on any atom is -0.504 e. The average Bonchev–Trinajstić information content (AvgIpc) is 1.09. The van der Waals surface area contributed by atoms with Crippen molar-refractivity contribution in [2.24, 2.45) is 11.8 Å². The number of phenols is 2. The molecule has 9 aromatic rings. The predicted molar refractivity (Wildman–Crippen MR) is 440 cm³/mol. The lowest BCUT2D eigenvalue weighted by Gasteiger charge is -2.34. The van der Waals surface area contributed by atoms with Crippen LogP contribution in [0.5, 0.6) is 86.2 Å². The molecule has 13 rings (SSSR count). The molecule has 2 saturated heterocycles. The molecule has 4 aliphatic heterocycles. The largest absolute Gasteiger partial charge is 0.504 e. The van der Waals surface area contributed by atoms with Gasteiger partial charge in [0.25, 0.3) is 0 Å². The zero-order valence-electron chi connectivity index (χ0n) is 69.3. The fraction of sp³-hybridized carbons (Fsp3) is 0.413. The molecule has 30 heteroatoms. The summed E-state index contributed by atoms with van der Waals surface area (Å²) in [6, 6.07) is 37.3. The number of methoxy groups -OCH3 is 7. The van der Waals surface area contributed by atoms with Crippen molar-refractivity contribution >= 4 is 0 Å². The van der Waals surface area contributed by atoms with Crippen molar-refractivity contribution in [3.05, 3.63) is 217 Å². The van der Waals surface area contributed by atoms with Gasteiger partial charge in [0.15, 0.2) is 106 Å². The van der Waals surface area contributed by atoms with Gasteiger partial charge in [-0.05, 0) is 204 Å². The average molecular weight is 1690 g/mol. The Labute approximate surface area is 705 Å². The van der Waals surface area contributed by atoms with Crippen LogP contribution in [0.3, 0.4) is 0 Å². The maximum Gasteiger partial charge on any atom is 0.170 e. The predicted octanol–water partition coefficient (Wildman–Crippen LogP) is 9.14. The SMILES string of the molecule is COc1cc(C2Oc3c(OC)cc(C(O)C(CO)Oc4ccc(C(O)C(CO)Oc5ccc(C6OCC7C(c8cc(C)c(O)c(OC)c8)OCC67)cc5C)cc4C)cc3-c3cc(C(O)C(CO)Oc4ccc(C(O)C(CO)Oc5ccc(C6Oc7c(OC)cc(C(O)C(CO)OC)cc7C6CO)cc5OC)cc4OC)cc(C)c3OC2CO)ccc1O. The minimum absolute atomic E-state index is 0.0106. The van der Waals surface area contributed by atoms with Gasteiger partial charge in [-0.15, -0.1) is 0 Å². The van der Waals surface area contributed by atoms with Crippen LogP contribution in [-0.4, -0.2) is 217 Å². The second-order valence-electron chi connectivity index (χ2n) is 30.7. The van der Waals surface area contributed by atoms with Crippen molar-refractivity contribution in [3.8, 4) is 97.4 Å². The summed E-state index contributed by atoms with van der Waals surface area (Å²) in [5.41, 5.74) is 7.21. The van der Waals surface area contributed by atoms with Crippen LogP contribution in [-0.2, 0) is 14.2 Å². The van der Waals surface area contributed by atoms with Crippen molar-refractivity contribution in [1.29, 1.82) is 0 Å². The van der Waals surface area contributed by atoms with E-state index in [1.807, 2.05) is 32.0 Å². The van der Waals surface area contributed by atoms with E-state index in [0.717, 1.165) is 16.7 Å². The second-order valence-corrected chi connectivity index (χ2v) is 30.7. The van der Waals surface area contributed by atoms with Gasteiger partial charge in [-0.2, -0.15) is 0 Å². The lowest BCUT2D eigenvalue weighted by Crippen LogP contribution is -2.34. The van der Waals surface area contributed by atoms with Gasteiger partial charge in [0.1, 0.15) is 60.0 Å². The van der Waals surface area contributed by atoms with E-state index in [0.29, 0.717) is 75.0 Å². The summed E-state index contributed by atoms with van der Waals surface area (Å²) in [7, 11) is 9.79. The molecule has 4 heterocycles. The first-order valence-electron chi connectivity index (χ1n) is 39.9. The Morgan fingerprint density at radius 2 is 0.730 bits per heavy atom. The number of hydrogen-bond donors (Lipinski definition) is 14. The molecular formula is C92H106O30. The molecular weight excluding hydrogens is 1580 g/mol. The Morgan fingerprint density at radius 3 is 1.26 bits per heavy atom. The van der Waals surface area contributed by atoms with E-state index in [1.165, 1.54) is 86.2 Å². The van der Waals surface area contributed by atoms with Crippen molar-refractivity contribution < 1.29 is 147 Å². The quantitative estimate of drug-likeness (QED) is 0.0174. The number of benzene rings is 9. The molecule has 122 heavy (non-hydrogen) atoms. The summed E-state index contributed by atoms with van der Waals surface area (Å²) in [6.45, 7) is 3.73. The van der Waals surface area contributed by atoms with Crippen molar-refractivity contribution in [3.63, 3.8) is 0 Å². The van der Waals surface area contributed by atoms with Crippen LogP contribution in [0, 0.1) is 39.5 Å². The van der Waals surface area contributed by atoms with Gasteiger partial charge < -0.3 is 147 Å². The van der Waals surface area contributed by atoms with Crippen LogP contribution in [0.2, 0.25) is 0 Å². The zero-order chi connectivity index (χ0) is 87.2. The van der Waals surface area contributed by atoms with E-state index in [1.54, 1.807) is 98.8 Å². The molecule has 0 aliphatic carbocycles. The summed E-state index contributed by atoms with van der Waals surface area (Å²) >= 11 is 0. The van der Waals surface area contributed by atoms with E-state index in [9.17, 15) is 71.5 Å². The number of rotatable bonds is 36. The Hall–Kier alpha value is -10.6. The Bertz CT molecular complexity index is 5130. The van der Waals surface area contributed by atoms with E-state index >= 15 is 0 Å². The van der Waals surface area contributed by atoms with E-state index in [4.69, 9.17) is 75.8 Å². The van der Waals surface area contributed by atoms with Crippen LogP contribution < -0.4 is 61.6 Å². The van der Waals surface area contributed by atoms with Crippen LogP contribution in [0.4, 0.5) is 0 Å². The van der Waals surface area contributed by atoms with E-state index in [-0.39, 0.29) is 127 Å². The lowest BCUT2D eigenvalue weighted by molar-refractivity contribution is -0.0425. The summed E-state index contributed by atoms with van der Waals surface area (Å²) in [5.74, 6) is 1.65. The lowest BCUT2D eigenvalue weighted by atomic mass is 9.84. The summed E-state index contributed by atoms with van der Waals surface area (Å²) < 4.78 is 97.8. The first kappa shape index (κ1) is 89.1. The van der Waals surface area contributed by atoms with Crippen molar-refractivity contribution in [1.82, 2.24) is 0 Å². The molecule has 0 saturated carbocycles. The van der Waals surface area contributed by atoms with Crippen molar-refractivity contribution in [2.45, 2.75) is 125 Å². The maximum atomic E-state index is 12.6.